The van der Waals surface area contributed by atoms with E-state index in [-0.39, 0.29) is 41.4 Å². The normalized spacial score (nSPS) is 10.7. The van der Waals surface area contributed by atoms with Gasteiger partial charge in [0.25, 0.3) is 0 Å². The highest BCUT2D eigenvalue weighted by Gasteiger charge is 2.23. The van der Waals surface area contributed by atoms with Gasteiger partial charge in [-0.2, -0.15) is 0 Å². The predicted molar refractivity (Wildman–Crippen MR) is 154 cm³/mol. The van der Waals surface area contributed by atoms with E-state index in [4.69, 9.17) is 28.1 Å². The van der Waals surface area contributed by atoms with Crippen LogP contribution in [0.4, 0.5) is 0 Å². The van der Waals surface area contributed by atoms with Crippen LogP contribution in [0.25, 0.3) is 22.3 Å². The van der Waals surface area contributed by atoms with Crippen molar-refractivity contribution in [1.82, 2.24) is 0 Å². The van der Waals surface area contributed by atoms with Crippen molar-refractivity contribution in [3.05, 3.63) is 112 Å². The Morgan fingerprint density at radius 2 is 1.37 bits per heavy atom. The Morgan fingerprint density at radius 3 is 1.95 bits per heavy atom. The smallest absolute Gasteiger partial charge is 0.308 e. The van der Waals surface area contributed by atoms with E-state index in [1.165, 1.54) is 21.1 Å². The molecule has 8 heteroatoms. The molecular formula is C33H28O8. The number of rotatable bonds is 10. The highest BCUT2D eigenvalue weighted by molar-refractivity contribution is 5.89. The van der Waals surface area contributed by atoms with Crippen molar-refractivity contribution in [3.8, 4) is 40.1 Å². The maximum atomic E-state index is 13.8. The Morgan fingerprint density at radius 1 is 0.732 bits per heavy atom. The van der Waals surface area contributed by atoms with Crippen molar-refractivity contribution < 1.29 is 32.9 Å². The van der Waals surface area contributed by atoms with Crippen LogP contribution in [0.5, 0.6) is 28.7 Å². The highest BCUT2D eigenvalue weighted by atomic mass is 16.6. The summed E-state index contributed by atoms with van der Waals surface area (Å²) in [7, 11) is 2.91. The van der Waals surface area contributed by atoms with E-state index in [0.29, 0.717) is 22.8 Å². The van der Waals surface area contributed by atoms with Gasteiger partial charge in [0.05, 0.1) is 14.2 Å². The van der Waals surface area contributed by atoms with Gasteiger partial charge in [-0.05, 0) is 29.3 Å². The quantitative estimate of drug-likeness (QED) is 0.142. The van der Waals surface area contributed by atoms with E-state index in [1.54, 1.807) is 30.3 Å². The summed E-state index contributed by atoms with van der Waals surface area (Å²) in [5.74, 6) is 0.872. The van der Waals surface area contributed by atoms with Crippen LogP contribution in [-0.4, -0.2) is 20.2 Å². The van der Waals surface area contributed by atoms with Crippen molar-refractivity contribution in [2.75, 3.05) is 14.2 Å². The van der Waals surface area contributed by atoms with Crippen LogP contribution in [-0.2, 0) is 18.0 Å². The molecule has 0 atom stereocenters. The number of methoxy groups -OCH3 is 2. The van der Waals surface area contributed by atoms with Crippen molar-refractivity contribution >= 4 is 16.9 Å². The lowest BCUT2D eigenvalue weighted by Gasteiger charge is -2.15. The second kappa shape index (κ2) is 12.3. The summed E-state index contributed by atoms with van der Waals surface area (Å²) in [6.07, 6.45) is 0. The zero-order chi connectivity index (χ0) is 28.8. The van der Waals surface area contributed by atoms with Crippen molar-refractivity contribution in [2.24, 2.45) is 0 Å². The molecular weight excluding hydrogens is 524 g/mol. The summed E-state index contributed by atoms with van der Waals surface area (Å²) in [6, 6.07) is 27.4. The summed E-state index contributed by atoms with van der Waals surface area (Å²) < 4.78 is 34.7. The number of fused-ring (bicyclic) bond motifs is 1. The van der Waals surface area contributed by atoms with Gasteiger partial charge in [-0.25, -0.2) is 0 Å². The molecule has 0 N–H and O–H groups in total. The van der Waals surface area contributed by atoms with Gasteiger partial charge >= 0.3 is 5.97 Å². The van der Waals surface area contributed by atoms with Crippen LogP contribution in [0.2, 0.25) is 0 Å². The van der Waals surface area contributed by atoms with Gasteiger partial charge in [-0.15, -0.1) is 0 Å². The molecule has 0 aliphatic heterocycles. The Bertz CT molecular complexity index is 1730. The molecule has 0 amide bonds. The first-order valence-corrected chi connectivity index (χ1v) is 12.9. The lowest BCUT2D eigenvalue weighted by Crippen LogP contribution is -2.10. The van der Waals surface area contributed by atoms with E-state index in [2.05, 4.69) is 0 Å². The predicted octanol–water partition coefficient (Wildman–Crippen LogP) is 6.56. The number of carbonyl (C=O) groups is 1. The Hall–Kier alpha value is -5.24. The van der Waals surface area contributed by atoms with E-state index in [0.717, 1.165) is 11.1 Å². The first-order chi connectivity index (χ1) is 20.0. The van der Waals surface area contributed by atoms with Crippen molar-refractivity contribution in [2.45, 2.75) is 20.1 Å². The second-order valence-corrected chi connectivity index (χ2v) is 9.10. The van der Waals surface area contributed by atoms with Gasteiger partial charge in [-0.3, -0.25) is 9.59 Å². The third-order valence-electron chi connectivity index (χ3n) is 6.26. The molecule has 4 aromatic carbocycles. The van der Waals surface area contributed by atoms with Gasteiger partial charge < -0.3 is 28.1 Å². The van der Waals surface area contributed by atoms with Crippen molar-refractivity contribution in [1.29, 1.82) is 0 Å². The Balaban J connectivity index is 1.57. The third kappa shape index (κ3) is 6.17. The fraction of sp³-hybridized carbons (Fsp3) is 0.152. The summed E-state index contributed by atoms with van der Waals surface area (Å²) in [4.78, 5) is 25.7. The average Bonchev–Trinajstić information content (AvgIpc) is 2.99. The van der Waals surface area contributed by atoms with Gasteiger partial charge in [-0.1, -0.05) is 60.7 Å². The number of carbonyl (C=O) groups excluding carboxylic acids is 1. The minimum atomic E-state index is -0.524. The van der Waals surface area contributed by atoms with Crippen LogP contribution >= 0.6 is 0 Å². The fourth-order valence-electron chi connectivity index (χ4n) is 4.32. The second-order valence-electron chi connectivity index (χ2n) is 9.10. The Kier molecular flexibility index (Phi) is 8.20. The monoisotopic (exact) mass is 552 g/mol. The molecule has 0 saturated heterocycles. The van der Waals surface area contributed by atoms with Crippen LogP contribution in [0.15, 0.2) is 100 Å². The molecule has 41 heavy (non-hydrogen) atoms. The van der Waals surface area contributed by atoms with Gasteiger partial charge in [0, 0.05) is 24.6 Å². The average molecular weight is 553 g/mol. The number of benzene rings is 4. The molecule has 5 aromatic rings. The molecule has 0 aliphatic rings. The molecule has 0 spiro atoms. The number of hydrogen-bond acceptors (Lipinski definition) is 8. The van der Waals surface area contributed by atoms with Gasteiger partial charge in [0.2, 0.25) is 11.2 Å². The minimum absolute atomic E-state index is 0.0287. The molecule has 0 bridgehead atoms. The molecule has 1 aromatic heterocycles. The molecule has 208 valence electrons. The summed E-state index contributed by atoms with van der Waals surface area (Å²) in [6.45, 7) is 1.81. The molecule has 5 rings (SSSR count). The first-order valence-electron chi connectivity index (χ1n) is 12.9. The van der Waals surface area contributed by atoms with E-state index in [1.807, 2.05) is 60.7 Å². The van der Waals surface area contributed by atoms with E-state index in [9.17, 15) is 9.59 Å². The van der Waals surface area contributed by atoms with E-state index >= 15 is 0 Å². The minimum Gasteiger partial charge on any atom is -0.496 e. The highest BCUT2D eigenvalue weighted by Crippen LogP contribution is 2.39. The molecule has 8 nitrogen and oxygen atoms in total. The number of ether oxygens (including phenoxy) is 5. The maximum absolute atomic E-state index is 13.8. The topological polar surface area (TPSA) is 93.4 Å². The van der Waals surface area contributed by atoms with Crippen molar-refractivity contribution in [3.63, 3.8) is 0 Å². The molecule has 1 heterocycles. The summed E-state index contributed by atoms with van der Waals surface area (Å²) >= 11 is 0. The fourth-order valence-corrected chi connectivity index (χ4v) is 4.32. The maximum Gasteiger partial charge on any atom is 0.308 e. The number of hydrogen-bond donors (Lipinski definition) is 0. The molecule has 0 unspecified atom stereocenters. The molecule has 0 saturated carbocycles. The largest absolute Gasteiger partial charge is 0.496 e. The van der Waals surface area contributed by atoms with Crippen LogP contribution in [0.3, 0.4) is 0 Å². The van der Waals surface area contributed by atoms with Crippen LogP contribution < -0.4 is 29.1 Å². The molecule has 0 fully saturated rings. The van der Waals surface area contributed by atoms with Gasteiger partial charge in [0.1, 0.15) is 35.7 Å². The SMILES string of the molecule is COc1cc(OCc2ccccc2)c2c(=O)c(OC)c(-c3ccc(OCc4ccccc4)c(OC(C)=O)c3)oc2c1. The molecule has 0 aliphatic carbocycles. The third-order valence-corrected chi connectivity index (χ3v) is 6.26. The Labute approximate surface area is 236 Å². The zero-order valence-corrected chi connectivity index (χ0v) is 22.8. The standard InChI is InChI=1S/C33H28O8/c1-21(34)40-27-16-24(14-15-26(27)38-19-22-10-6-4-7-11-22)32-33(37-3)31(35)30-28(17-25(36-2)18-29(30)41-32)39-20-23-12-8-5-9-13-23/h4-18H,19-20H2,1-3H3. The lowest BCUT2D eigenvalue weighted by molar-refractivity contribution is -0.132. The number of esters is 1. The van der Waals surface area contributed by atoms with E-state index < -0.39 is 11.4 Å². The van der Waals surface area contributed by atoms with Gasteiger partial charge in [0.15, 0.2) is 17.3 Å². The summed E-state index contributed by atoms with van der Waals surface area (Å²) in [5.41, 5.74) is 2.15. The van der Waals surface area contributed by atoms with Crippen LogP contribution in [0.1, 0.15) is 18.1 Å². The molecule has 0 radical (unpaired) electrons. The first kappa shape index (κ1) is 27.3. The van der Waals surface area contributed by atoms with Crippen LogP contribution in [0, 0.1) is 0 Å². The lowest BCUT2D eigenvalue weighted by atomic mass is 10.1. The zero-order valence-electron chi connectivity index (χ0n) is 22.8. The summed E-state index contributed by atoms with van der Waals surface area (Å²) in [5, 5.41) is 0.213.